The molecule has 184 valence electrons. The quantitative estimate of drug-likeness (QED) is 0.571. The second-order valence-corrected chi connectivity index (χ2v) is 10.0. The second kappa shape index (κ2) is 10.1. The minimum Gasteiger partial charge on any atom is -0.481 e. The number of aliphatic carboxylic acids is 1. The van der Waals surface area contributed by atoms with E-state index in [1.54, 1.807) is 0 Å². The fraction of sp³-hybridized carbons (Fsp3) is 0.464. The molecule has 0 aromatic heterocycles. The second-order valence-electron chi connectivity index (χ2n) is 10.0. The number of fused-ring (bicyclic) bond motifs is 3. The van der Waals surface area contributed by atoms with Gasteiger partial charge in [0.2, 0.25) is 5.91 Å². The predicted octanol–water partition coefficient (Wildman–Crippen LogP) is 4.45. The molecule has 2 saturated carbocycles. The Labute approximate surface area is 205 Å². The van der Waals surface area contributed by atoms with Crippen LogP contribution in [-0.4, -0.2) is 41.8 Å². The van der Waals surface area contributed by atoms with Crippen LogP contribution < -0.4 is 10.6 Å². The molecule has 0 spiro atoms. The van der Waals surface area contributed by atoms with Crippen molar-refractivity contribution in [3.05, 3.63) is 59.7 Å². The van der Waals surface area contributed by atoms with E-state index in [1.807, 2.05) is 24.3 Å². The van der Waals surface area contributed by atoms with Crippen molar-refractivity contribution in [1.82, 2.24) is 10.6 Å². The van der Waals surface area contributed by atoms with Crippen LogP contribution in [0.2, 0.25) is 0 Å². The van der Waals surface area contributed by atoms with Gasteiger partial charge in [-0.25, -0.2) is 4.79 Å². The number of carboxylic acids is 1. The van der Waals surface area contributed by atoms with Crippen molar-refractivity contribution in [3.63, 3.8) is 0 Å². The topological polar surface area (TPSA) is 105 Å². The zero-order valence-corrected chi connectivity index (χ0v) is 19.7. The average molecular weight is 477 g/mol. The molecule has 3 aliphatic rings. The van der Waals surface area contributed by atoms with Crippen molar-refractivity contribution in [2.24, 2.45) is 11.8 Å². The van der Waals surface area contributed by atoms with Gasteiger partial charge in [-0.15, -0.1) is 0 Å². The van der Waals surface area contributed by atoms with Crippen LogP contribution >= 0.6 is 0 Å². The summed E-state index contributed by atoms with van der Waals surface area (Å²) in [6, 6.07) is 16.0. The van der Waals surface area contributed by atoms with E-state index in [0.29, 0.717) is 25.7 Å². The third-order valence-corrected chi connectivity index (χ3v) is 7.88. The van der Waals surface area contributed by atoms with Gasteiger partial charge < -0.3 is 20.5 Å². The first-order valence-electron chi connectivity index (χ1n) is 12.7. The Morgan fingerprint density at radius 1 is 0.857 bits per heavy atom. The van der Waals surface area contributed by atoms with Crippen LogP contribution in [0.4, 0.5) is 4.79 Å². The largest absolute Gasteiger partial charge is 0.481 e. The summed E-state index contributed by atoms with van der Waals surface area (Å²) in [6.07, 6.45) is 4.56. The lowest BCUT2D eigenvalue weighted by Crippen LogP contribution is -2.50. The van der Waals surface area contributed by atoms with Crippen molar-refractivity contribution < 1.29 is 24.2 Å². The number of hydrogen-bond donors (Lipinski definition) is 3. The van der Waals surface area contributed by atoms with Gasteiger partial charge in [0.05, 0.1) is 11.8 Å². The maximum atomic E-state index is 13.0. The number of alkyl carbamates (subject to hydrolysis) is 1. The average Bonchev–Trinajstić information content (AvgIpc) is 3.46. The SMILES string of the molecule is O=C(N[C@H]1CCCC[C@H]1C(=O)N[C@H]1CC[C@@H](C(=O)O)C1)OCC1c2ccccc2-c2ccccc21. The zero-order chi connectivity index (χ0) is 24.4. The van der Waals surface area contributed by atoms with Crippen molar-refractivity contribution in [2.45, 2.75) is 62.9 Å². The van der Waals surface area contributed by atoms with Gasteiger partial charge in [0.15, 0.2) is 0 Å². The van der Waals surface area contributed by atoms with E-state index in [9.17, 15) is 19.5 Å². The summed E-state index contributed by atoms with van der Waals surface area (Å²) >= 11 is 0. The van der Waals surface area contributed by atoms with Crippen LogP contribution in [0.1, 0.15) is 62.0 Å². The lowest BCUT2D eigenvalue weighted by molar-refractivity contribution is -0.141. The number of carboxylic acid groups (broad SMARTS) is 1. The molecular weight excluding hydrogens is 444 g/mol. The van der Waals surface area contributed by atoms with Gasteiger partial charge in [0.25, 0.3) is 0 Å². The molecule has 2 aromatic carbocycles. The molecule has 2 amide bonds. The van der Waals surface area contributed by atoms with Crippen molar-refractivity contribution >= 4 is 18.0 Å². The number of carbonyl (C=O) groups is 3. The molecule has 0 aliphatic heterocycles. The third kappa shape index (κ3) is 4.90. The Hall–Kier alpha value is -3.35. The first-order valence-corrected chi connectivity index (χ1v) is 12.7. The lowest BCUT2D eigenvalue weighted by atomic mass is 9.83. The van der Waals surface area contributed by atoms with Gasteiger partial charge in [0, 0.05) is 18.0 Å². The molecule has 2 fully saturated rings. The standard InChI is InChI=1S/C28H32N2O5/c31-26(29-18-14-13-17(15-18)27(32)33)23-11-5-6-12-25(23)30-28(34)35-16-24-21-9-3-1-7-19(21)20-8-2-4-10-22(20)24/h1-4,7-10,17-18,23-25H,5-6,11-16H2,(H,29,31)(H,30,34)(H,32,33)/t17-,18+,23-,25+/m1/s1. The van der Waals surface area contributed by atoms with Gasteiger partial charge in [-0.2, -0.15) is 0 Å². The van der Waals surface area contributed by atoms with E-state index in [-0.39, 0.29) is 42.4 Å². The van der Waals surface area contributed by atoms with E-state index in [2.05, 4.69) is 34.9 Å². The molecule has 5 rings (SSSR count). The summed E-state index contributed by atoms with van der Waals surface area (Å²) in [5.74, 6) is -1.61. The molecular formula is C28H32N2O5. The minimum absolute atomic E-state index is 0.0110. The minimum atomic E-state index is -0.797. The molecule has 35 heavy (non-hydrogen) atoms. The van der Waals surface area contributed by atoms with Crippen molar-refractivity contribution in [1.29, 1.82) is 0 Å². The normalized spacial score (nSPS) is 25.4. The van der Waals surface area contributed by atoms with E-state index < -0.39 is 12.1 Å². The van der Waals surface area contributed by atoms with Crippen LogP contribution in [0.25, 0.3) is 11.1 Å². The maximum Gasteiger partial charge on any atom is 0.407 e. The van der Waals surface area contributed by atoms with Gasteiger partial charge >= 0.3 is 12.1 Å². The van der Waals surface area contributed by atoms with E-state index in [1.165, 1.54) is 11.1 Å². The Bertz CT molecular complexity index is 1070. The summed E-state index contributed by atoms with van der Waals surface area (Å²) in [7, 11) is 0. The molecule has 3 N–H and O–H groups in total. The number of rotatable bonds is 6. The Kier molecular flexibility index (Phi) is 6.75. The summed E-state index contributed by atoms with van der Waals surface area (Å²) in [4.78, 5) is 37.0. The van der Waals surface area contributed by atoms with E-state index in [4.69, 9.17) is 4.74 Å². The van der Waals surface area contributed by atoms with Crippen molar-refractivity contribution in [2.75, 3.05) is 6.61 Å². The molecule has 0 unspecified atom stereocenters. The Morgan fingerprint density at radius 3 is 2.17 bits per heavy atom. The fourth-order valence-electron chi connectivity index (χ4n) is 6.05. The smallest absolute Gasteiger partial charge is 0.407 e. The first kappa shape index (κ1) is 23.4. The Balaban J connectivity index is 1.18. The highest BCUT2D eigenvalue weighted by molar-refractivity contribution is 5.81. The molecule has 0 saturated heterocycles. The molecule has 4 atom stereocenters. The van der Waals surface area contributed by atoms with Crippen LogP contribution in [-0.2, 0) is 14.3 Å². The van der Waals surface area contributed by atoms with E-state index >= 15 is 0 Å². The van der Waals surface area contributed by atoms with Gasteiger partial charge in [-0.1, -0.05) is 61.4 Å². The highest BCUT2D eigenvalue weighted by atomic mass is 16.5. The predicted molar refractivity (Wildman–Crippen MR) is 131 cm³/mol. The zero-order valence-electron chi connectivity index (χ0n) is 19.7. The molecule has 7 nitrogen and oxygen atoms in total. The van der Waals surface area contributed by atoms with Crippen LogP contribution in [0.15, 0.2) is 48.5 Å². The number of benzene rings is 2. The molecule has 7 heteroatoms. The van der Waals surface area contributed by atoms with Crippen LogP contribution in [0, 0.1) is 11.8 Å². The third-order valence-electron chi connectivity index (χ3n) is 7.88. The highest BCUT2D eigenvalue weighted by Crippen LogP contribution is 2.44. The molecule has 0 heterocycles. The fourth-order valence-corrected chi connectivity index (χ4v) is 6.05. The molecule has 0 bridgehead atoms. The van der Waals surface area contributed by atoms with E-state index in [0.717, 1.165) is 30.4 Å². The van der Waals surface area contributed by atoms with Crippen LogP contribution in [0.3, 0.4) is 0 Å². The summed E-state index contributed by atoms with van der Waals surface area (Å²) in [5, 5.41) is 15.2. The van der Waals surface area contributed by atoms with Crippen molar-refractivity contribution in [3.8, 4) is 11.1 Å². The van der Waals surface area contributed by atoms with Crippen LogP contribution in [0.5, 0.6) is 0 Å². The Morgan fingerprint density at radius 2 is 1.51 bits per heavy atom. The van der Waals surface area contributed by atoms with Gasteiger partial charge in [0.1, 0.15) is 6.61 Å². The molecule has 2 aromatic rings. The van der Waals surface area contributed by atoms with Gasteiger partial charge in [-0.3, -0.25) is 9.59 Å². The number of carbonyl (C=O) groups excluding carboxylic acids is 2. The summed E-state index contributed by atoms with van der Waals surface area (Å²) in [5.41, 5.74) is 4.68. The highest BCUT2D eigenvalue weighted by Gasteiger charge is 2.36. The monoisotopic (exact) mass is 476 g/mol. The number of hydrogen-bond acceptors (Lipinski definition) is 4. The number of amides is 2. The number of ether oxygens (including phenoxy) is 1. The summed E-state index contributed by atoms with van der Waals surface area (Å²) < 4.78 is 5.70. The maximum absolute atomic E-state index is 13.0. The molecule has 0 radical (unpaired) electrons. The first-order chi connectivity index (χ1) is 17.0. The molecule has 3 aliphatic carbocycles. The summed E-state index contributed by atoms with van der Waals surface area (Å²) in [6.45, 7) is 0.238. The van der Waals surface area contributed by atoms with Gasteiger partial charge in [-0.05, 0) is 54.4 Å². The lowest BCUT2D eigenvalue weighted by Gasteiger charge is -2.32. The number of nitrogens with one attached hydrogen (secondary N) is 2.